The van der Waals surface area contributed by atoms with E-state index in [0.717, 1.165) is 12.3 Å². The fourth-order valence-corrected chi connectivity index (χ4v) is 3.74. The van der Waals surface area contributed by atoms with Crippen LogP contribution in [0.1, 0.15) is 20.7 Å². The van der Waals surface area contributed by atoms with Gasteiger partial charge in [0.1, 0.15) is 23.1 Å². The summed E-state index contributed by atoms with van der Waals surface area (Å²) in [6.07, 6.45) is 5.18. The van der Waals surface area contributed by atoms with E-state index in [4.69, 9.17) is 5.73 Å². The molecular weight excluding hydrogens is 527 g/mol. The molecule has 6 N–H and O–H groups in total. The molecule has 14 heteroatoms. The highest BCUT2D eigenvalue weighted by Crippen LogP contribution is 2.28. The summed E-state index contributed by atoms with van der Waals surface area (Å²) in [5.41, 5.74) is 6.82. The second-order valence-corrected chi connectivity index (χ2v) is 10.4. The van der Waals surface area contributed by atoms with Gasteiger partial charge in [-0.1, -0.05) is 12.1 Å². The van der Waals surface area contributed by atoms with Crippen molar-refractivity contribution in [2.24, 2.45) is 5.73 Å². The van der Waals surface area contributed by atoms with Gasteiger partial charge in [-0.05, 0) is 42.5 Å². The number of para-hydroxylation sites is 2. The van der Waals surface area contributed by atoms with Gasteiger partial charge in [-0.3, -0.25) is 14.6 Å². The van der Waals surface area contributed by atoms with Crippen LogP contribution in [0.3, 0.4) is 0 Å². The third kappa shape index (κ3) is 7.23. The minimum atomic E-state index is -3.32. The minimum absolute atomic E-state index is 0.00458. The van der Waals surface area contributed by atoms with Gasteiger partial charge in [0.2, 0.25) is 5.95 Å². The van der Waals surface area contributed by atoms with Crippen LogP contribution in [0.15, 0.2) is 73.2 Å². The van der Waals surface area contributed by atoms with Gasteiger partial charge in [-0.15, -0.1) is 0 Å². The van der Waals surface area contributed by atoms with Crippen molar-refractivity contribution in [2.75, 3.05) is 33.4 Å². The standard InChI is InChI=1S/C25H23FN8O4S/c1-39(37,38)14-30-19-6-2-3-7-20(19)32-23-17(22(27)35)13-29-25(34-23)33-21-11-16(8-9-18(21)26)31-24(36)15-5-4-10-28-12-15/h2-13,30H,14H2,1H3,(H2,27,35)(H,31,36)(H2,29,32,33,34). The maximum atomic E-state index is 14.6. The van der Waals surface area contributed by atoms with Crippen molar-refractivity contribution >= 4 is 56.2 Å². The number of hydrogen-bond donors (Lipinski definition) is 5. The molecule has 0 saturated heterocycles. The Hall–Kier alpha value is -5.11. The third-order valence-corrected chi connectivity index (χ3v) is 5.82. The Morgan fingerprint density at radius 1 is 0.974 bits per heavy atom. The number of carbonyl (C=O) groups is 2. The molecule has 2 amide bonds. The maximum Gasteiger partial charge on any atom is 0.257 e. The van der Waals surface area contributed by atoms with Crippen LogP contribution >= 0.6 is 0 Å². The monoisotopic (exact) mass is 550 g/mol. The van der Waals surface area contributed by atoms with Gasteiger partial charge in [0, 0.05) is 30.5 Å². The first kappa shape index (κ1) is 26.9. The van der Waals surface area contributed by atoms with E-state index in [2.05, 4.69) is 36.2 Å². The zero-order valence-electron chi connectivity index (χ0n) is 20.5. The number of aromatic nitrogens is 3. The maximum absolute atomic E-state index is 14.6. The van der Waals surface area contributed by atoms with E-state index in [9.17, 15) is 22.4 Å². The summed E-state index contributed by atoms with van der Waals surface area (Å²) in [6.45, 7) is 0. The zero-order chi connectivity index (χ0) is 28.0. The summed E-state index contributed by atoms with van der Waals surface area (Å²) in [5, 5.41) is 11.1. The molecule has 12 nitrogen and oxygen atoms in total. The van der Waals surface area contributed by atoms with Crippen LogP contribution in [0.2, 0.25) is 0 Å². The van der Waals surface area contributed by atoms with Gasteiger partial charge in [0.25, 0.3) is 11.8 Å². The first-order valence-electron chi connectivity index (χ1n) is 11.3. The van der Waals surface area contributed by atoms with E-state index in [0.29, 0.717) is 22.6 Å². The lowest BCUT2D eigenvalue weighted by molar-refractivity contribution is 0.0997. The zero-order valence-corrected chi connectivity index (χ0v) is 21.3. The smallest absolute Gasteiger partial charge is 0.257 e. The predicted octanol–water partition coefficient (Wildman–Crippen LogP) is 3.26. The Bertz CT molecular complexity index is 1630. The summed E-state index contributed by atoms with van der Waals surface area (Å²) in [5.74, 6) is -2.32. The van der Waals surface area contributed by atoms with Gasteiger partial charge in [-0.25, -0.2) is 17.8 Å². The fraction of sp³-hybridized carbons (Fsp3) is 0.0800. The lowest BCUT2D eigenvalue weighted by atomic mass is 10.2. The predicted molar refractivity (Wildman–Crippen MR) is 145 cm³/mol. The molecular formula is C25H23FN8O4S. The molecule has 0 bridgehead atoms. The molecule has 4 rings (SSSR count). The molecule has 0 aliphatic carbocycles. The lowest BCUT2D eigenvalue weighted by Crippen LogP contribution is -2.17. The minimum Gasteiger partial charge on any atom is -0.370 e. The summed E-state index contributed by atoms with van der Waals surface area (Å²) in [6, 6.07) is 13.8. The highest BCUT2D eigenvalue weighted by Gasteiger charge is 2.16. The molecule has 0 unspecified atom stereocenters. The van der Waals surface area contributed by atoms with Gasteiger partial charge < -0.3 is 27.0 Å². The summed E-state index contributed by atoms with van der Waals surface area (Å²) in [4.78, 5) is 36.7. The molecule has 0 aliphatic heterocycles. The summed E-state index contributed by atoms with van der Waals surface area (Å²) < 4.78 is 37.8. The molecule has 39 heavy (non-hydrogen) atoms. The Kier molecular flexibility index (Phi) is 7.96. The molecule has 0 radical (unpaired) electrons. The fourth-order valence-electron chi connectivity index (χ4n) is 3.32. The lowest BCUT2D eigenvalue weighted by Gasteiger charge is -2.15. The van der Waals surface area contributed by atoms with E-state index >= 15 is 0 Å². The van der Waals surface area contributed by atoms with Gasteiger partial charge >= 0.3 is 0 Å². The van der Waals surface area contributed by atoms with Crippen molar-refractivity contribution in [1.82, 2.24) is 15.0 Å². The molecule has 2 aromatic carbocycles. The second-order valence-electron chi connectivity index (χ2n) is 8.25. The number of nitrogens with two attached hydrogens (primary N) is 1. The number of carbonyl (C=O) groups excluding carboxylic acids is 2. The van der Waals surface area contributed by atoms with Crippen molar-refractivity contribution in [3.63, 3.8) is 0 Å². The third-order valence-electron chi connectivity index (χ3n) is 5.15. The number of nitrogens with one attached hydrogen (secondary N) is 4. The van der Waals surface area contributed by atoms with E-state index in [1.165, 1.54) is 30.7 Å². The summed E-state index contributed by atoms with van der Waals surface area (Å²) in [7, 11) is -3.32. The Balaban J connectivity index is 1.59. The molecule has 0 fully saturated rings. The number of sulfone groups is 1. The highest BCUT2D eigenvalue weighted by molar-refractivity contribution is 7.90. The number of halogens is 1. The van der Waals surface area contributed by atoms with Crippen molar-refractivity contribution < 1.29 is 22.4 Å². The van der Waals surface area contributed by atoms with Crippen LogP contribution in [-0.4, -0.2) is 47.3 Å². The second kappa shape index (κ2) is 11.5. The first-order chi connectivity index (χ1) is 18.6. The normalized spacial score (nSPS) is 10.9. The molecule has 0 saturated carbocycles. The van der Waals surface area contributed by atoms with Crippen LogP contribution in [0.4, 0.5) is 38.9 Å². The molecule has 200 valence electrons. The van der Waals surface area contributed by atoms with Crippen molar-refractivity contribution in [3.05, 3.63) is 90.1 Å². The molecule has 2 aromatic heterocycles. The van der Waals surface area contributed by atoms with E-state index in [1.807, 2.05) is 0 Å². The number of amides is 2. The largest absolute Gasteiger partial charge is 0.370 e. The number of anilines is 6. The number of pyridine rings is 1. The summed E-state index contributed by atoms with van der Waals surface area (Å²) >= 11 is 0. The number of rotatable bonds is 10. The number of hydrogen-bond acceptors (Lipinski definition) is 10. The number of benzene rings is 2. The molecule has 2 heterocycles. The first-order valence-corrected chi connectivity index (χ1v) is 13.4. The topological polar surface area (TPSA) is 181 Å². The SMILES string of the molecule is CS(=O)(=O)CNc1ccccc1Nc1nc(Nc2cc(NC(=O)c3cccnc3)ccc2F)ncc1C(N)=O. The average molecular weight is 551 g/mol. The Morgan fingerprint density at radius 3 is 2.44 bits per heavy atom. The Morgan fingerprint density at radius 2 is 1.74 bits per heavy atom. The van der Waals surface area contributed by atoms with Crippen LogP contribution in [0, 0.1) is 5.82 Å². The van der Waals surface area contributed by atoms with Crippen molar-refractivity contribution in [2.45, 2.75) is 0 Å². The Labute approximate surface area is 222 Å². The van der Waals surface area contributed by atoms with Gasteiger partial charge in [0.15, 0.2) is 9.84 Å². The van der Waals surface area contributed by atoms with E-state index < -0.39 is 27.5 Å². The van der Waals surface area contributed by atoms with E-state index in [-0.39, 0.29) is 28.9 Å². The van der Waals surface area contributed by atoms with E-state index in [1.54, 1.807) is 36.4 Å². The van der Waals surface area contributed by atoms with Crippen molar-refractivity contribution in [1.29, 1.82) is 0 Å². The molecule has 0 spiro atoms. The number of nitrogens with zero attached hydrogens (tertiary/aromatic N) is 3. The van der Waals surface area contributed by atoms with Crippen LogP contribution < -0.4 is 27.0 Å². The molecule has 0 aliphatic rings. The molecule has 0 atom stereocenters. The van der Waals surface area contributed by atoms with Crippen LogP contribution in [0.5, 0.6) is 0 Å². The van der Waals surface area contributed by atoms with Gasteiger partial charge in [0.05, 0.1) is 22.6 Å². The highest BCUT2D eigenvalue weighted by atomic mass is 32.2. The van der Waals surface area contributed by atoms with Crippen molar-refractivity contribution in [3.8, 4) is 0 Å². The quantitative estimate of drug-likeness (QED) is 0.197. The molecule has 4 aromatic rings. The van der Waals surface area contributed by atoms with Crippen LogP contribution in [-0.2, 0) is 9.84 Å². The van der Waals surface area contributed by atoms with Crippen LogP contribution in [0.25, 0.3) is 0 Å². The number of primary amides is 1. The van der Waals surface area contributed by atoms with Gasteiger partial charge in [-0.2, -0.15) is 4.98 Å². The average Bonchev–Trinajstić information content (AvgIpc) is 2.90.